The Bertz CT molecular complexity index is 736. The fourth-order valence-corrected chi connectivity index (χ4v) is 3.81. The van der Waals surface area contributed by atoms with Crippen LogP contribution in [0.25, 0.3) is 0 Å². The number of para-hydroxylation sites is 1. The molecule has 0 saturated carbocycles. The molecule has 0 aromatic heterocycles. The van der Waals surface area contributed by atoms with Gasteiger partial charge in [0.25, 0.3) is 0 Å². The molecule has 2 aromatic rings. The van der Waals surface area contributed by atoms with E-state index in [1.54, 1.807) is 11.0 Å². The van der Waals surface area contributed by atoms with Gasteiger partial charge in [0.1, 0.15) is 0 Å². The Morgan fingerprint density at radius 1 is 1.20 bits per heavy atom. The third kappa shape index (κ3) is 4.55. The largest absolute Gasteiger partial charge is 0.315 e. The minimum Gasteiger partial charge on any atom is -0.315 e. The number of hydrogen-bond acceptors (Lipinski definition) is 2. The molecule has 3 rings (SSSR count). The summed E-state index contributed by atoms with van der Waals surface area (Å²) in [6, 6.07) is 15.4. The van der Waals surface area contributed by atoms with Gasteiger partial charge in [-0.1, -0.05) is 47.5 Å². The van der Waals surface area contributed by atoms with Crippen LogP contribution in [0.1, 0.15) is 18.4 Å². The van der Waals surface area contributed by atoms with Crippen molar-refractivity contribution in [3.8, 4) is 0 Å². The number of hydrogen-bond donors (Lipinski definition) is 0. The van der Waals surface area contributed by atoms with Crippen LogP contribution in [0.3, 0.4) is 0 Å². The number of nitrogens with zero attached hydrogens (tertiary/aromatic N) is 2. The molecule has 1 aliphatic rings. The topological polar surface area (TPSA) is 23.6 Å². The second kappa shape index (κ2) is 8.22. The van der Waals surface area contributed by atoms with Crippen molar-refractivity contribution in [1.29, 1.82) is 0 Å². The van der Waals surface area contributed by atoms with Gasteiger partial charge in [-0.25, -0.2) is 0 Å². The van der Waals surface area contributed by atoms with Crippen molar-refractivity contribution in [2.75, 3.05) is 25.0 Å². The smallest absolute Gasteiger partial charge is 0.231 e. The first-order valence-corrected chi connectivity index (χ1v) is 9.29. The zero-order valence-electron chi connectivity index (χ0n) is 14.3. The molecule has 0 aliphatic carbocycles. The Morgan fingerprint density at radius 2 is 1.96 bits per heavy atom. The lowest BCUT2D eigenvalue weighted by atomic mass is 9.96. The number of amides is 1. The lowest BCUT2D eigenvalue weighted by Gasteiger charge is -2.34. The highest BCUT2D eigenvalue weighted by Crippen LogP contribution is 2.26. The number of benzene rings is 2. The van der Waals surface area contributed by atoms with Gasteiger partial charge in [0, 0.05) is 35.9 Å². The maximum absolute atomic E-state index is 12.9. The molecule has 2 aromatic carbocycles. The van der Waals surface area contributed by atoms with Crippen LogP contribution in [0.2, 0.25) is 10.0 Å². The van der Waals surface area contributed by atoms with Gasteiger partial charge >= 0.3 is 0 Å². The summed E-state index contributed by atoms with van der Waals surface area (Å²) in [6.45, 7) is 2.49. The second-order valence-corrected chi connectivity index (χ2v) is 7.39. The molecule has 1 aliphatic heterocycles. The fourth-order valence-electron chi connectivity index (χ4n) is 3.34. The zero-order valence-corrected chi connectivity index (χ0v) is 15.8. The first-order valence-electron chi connectivity index (χ1n) is 8.53. The van der Waals surface area contributed by atoms with Gasteiger partial charge in [0.2, 0.25) is 5.91 Å². The Labute approximate surface area is 159 Å². The van der Waals surface area contributed by atoms with Gasteiger partial charge in [-0.15, -0.1) is 0 Å². The number of carbonyl (C=O) groups excluding carboxylic acids is 1. The van der Waals surface area contributed by atoms with Crippen molar-refractivity contribution in [2.45, 2.75) is 19.4 Å². The molecule has 0 spiro atoms. The van der Waals surface area contributed by atoms with Crippen molar-refractivity contribution >= 4 is 34.8 Å². The van der Waals surface area contributed by atoms with Crippen LogP contribution in [0.5, 0.6) is 0 Å². The van der Waals surface area contributed by atoms with E-state index in [0.29, 0.717) is 10.0 Å². The molecule has 1 amide bonds. The molecule has 0 N–H and O–H groups in total. The van der Waals surface area contributed by atoms with Crippen LogP contribution in [-0.2, 0) is 11.3 Å². The summed E-state index contributed by atoms with van der Waals surface area (Å²) in [5.41, 5.74) is 1.99. The minimum atomic E-state index is 0.0185. The molecule has 0 radical (unpaired) electrons. The van der Waals surface area contributed by atoms with Gasteiger partial charge in [-0.3, -0.25) is 9.69 Å². The van der Waals surface area contributed by atoms with Crippen LogP contribution in [0.15, 0.2) is 48.5 Å². The third-order valence-corrected chi connectivity index (χ3v) is 5.32. The Balaban J connectivity index is 1.65. The van der Waals surface area contributed by atoms with Crippen LogP contribution in [-0.4, -0.2) is 30.9 Å². The van der Waals surface area contributed by atoms with Crippen LogP contribution < -0.4 is 4.90 Å². The SMILES string of the molecule is CN(C(=O)[C@H]1CCCN(Cc2ccc(Cl)cc2Cl)C1)c1ccccc1. The number of piperidine rings is 1. The molecule has 0 bridgehead atoms. The quantitative estimate of drug-likeness (QED) is 0.759. The number of carbonyl (C=O) groups is 1. The highest BCUT2D eigenvalue weighted by molar-refractivity contribution is 6.35. The minimum absolute atomic E-state index is 0.0185. The second-order valence-electron chi connectivity index (χ2n) is 6.54. The van der Waals surface area contributed by atoms with Crippen LogP contribution in [0, 0.1) is 5.92 Å². The van der Waals surface area contributed by atoms with E-state index in [9.17, 15) is 4.79 Å². The summed E-state index contributed by atoms with van der Waals surface area (Å²) in [5, 5.41) is 1.33. The maximum Gasteiger partial charge on any atom is 0.231 e. The molecule has 25 heavy (non-hydrogen) atoms. The lowest BCUT2D eigenvalue weighted by Crippen LogP contribution is -2.43. The average Bonchev–Trinajstić information content (AvgIpc) is 2.64. The number of anilines is 1. The summed E-state index contributed by atoms with van der Waals surface area (Å²) < 4.78 is 0. The molecular formula is C20H22Cl2N2O. The first-order chi connectivity index (χ1) is 12.0. The monoisotopic (exact) mass is 376 g/mol. The summed E-state index contributed by atoms with van der Waals surface area (Å²) in [4.78, 5) is 16.9. The van der Waals surface area contributed by atoms with Crippen LogP contribution in [0.4, 0.5) is 5.69 Å². The number of rotatable bonds is 4. The van der Waals surface area contributed by atoms with Gasteiger partial charge in [0.05, 0.1) is 5.92 Å². The van der Waals surface area contributed by atoms with Crippen molar-refractivity contribution < 1.29 is 4.79 Å². The van der Waals surface area contributed by atoms with Crippen molar-refractivity contribution in [1.82, 2.24) is 4.90 Å². The molecule has 1 fully saturated rings. The molecular weight excluding hydrogens is 355 g/mol. The van der Waals surface area contributed by atoms with Crippen molar-refractivity contribution in [2.24, 2.45) is 5.92 Å². The molecule has 1 saturated heterocycles. The van der Waals surface area contributed by atoms with E-state index in [1.807, 2.05) is 49.5 Å². The Hall–Kier alpha value is -1.55. The molecule has 1 heterocycles. The van der Waals surface area contributed by atoms with E-state index >= 15 is 0 Å². The van der Waals surface area contributed by atoms with E-state index in [4.69, 9.17) is 23.2 Å². The van der Waals surface area contributed by atoms with Gasteiger partial charge in [-0.05, 0) is 49.2 Å². The van der Waals surface area contributed by atoms with E-state index in [-0.39, 0.29) is 11.8 Å². The molecule has 5 heteroatoms. The van der Waals surface area contributed by atoms with E-state index in [2.05, 4.69) is 4.90 Å². The van der Waals surface area contributed by atoms with Gasteiger partial charge in [0.15, 0.2) is 0 Å². The van der Waals surface area contributed by atoms with E-state index in [1.165, 1.54) is 0 Å². The number of likely N-dealkylation sites (tertiary alicyclic amines) is 1. The predicted octanol–water partition coefficient (Wildman–Crippen LogP) is 4.87. The van der Waals surface area contributed by atoms with Gasteiger partial charge in [-0.2, -0.15) is 0 Å². The lowest BCUT2D eigenvalue weighted by molar-refractivity contribution is -0.123. The highest BCUT2D eigenvalue weighted by Gasteiger charge is 2.28. The summed E-state index contributed by atoms with van der Waals surface area (Å²) in [5.74, 6) is 0.197. The predicted molar refractivity (Wildman–Crippen MR) is 104 cm³/mol. The average molecular weight is 377 g/mol. The summed E-state index contributed by atoms with van der Waals surface area (Å²) in [6.07, 6.45) is 1.95. The third-order valence-electron chi connectivity index (χ3n) is 4.74. The summed E-state index contributed by atoms with van der Waals surface area (Å²) >= 11 is 12.3. The normalized spacial score (nSPS) is 18.1. The van der Waals surface area contributed by atoms with E-state index in [0.717, 1.165) is 43.7 Å². The van der Waals surface area contributed by atoms with Crippen LogP contribution >= 0.6 is 23.2 Å². The molecule has 0 unspecified atom stereocenters. The van der Waals surface area contributed by atoms with E-state index < -0.39 is 0 Å². The molecule has 1 atom stereocenters. The first kappa shape index (κ1) is 18.2. The fraction of sp³-hybridized carbons (Fsp3) is 0.350. The number of halogens is 2. The van der Waals surface area contributed by atoms with Crippen molar-refractivity contribution in [3.05, 3.63) is 64.1 Å². The summed E-state index contributed by atoms with van der Waals surface area (Å²) in [7, 11) is 1.85. The maximum atomic E-state index is 12.9. The molecule has 132 valence electrons. The van der Waals surface area contributed by atoms with Gasteiger partial charge < -0.3 is 4.90 Å². The standard InChI is InChI=1S/C20H22Cl2N2O/c1-23(18-7-3-2-4-8-18)20(25)16-6-5-11-24(14-16)13-15-9-10-17(21)12-19(15)22/h2-4,7-10,12,16H,5-6,11,13-14H2,1H3/t16-/m0/s1. The van der Waals surface area contributed by atoms with Crippen molar-refractivity contribution in [3.63, 3.8) is 0 Å². The zero-order chi connectivity index (χ0) is 17.8. The Morgan fingerprint density at radius 3 is 2.68 bits per heavy atom. The molecule has 3 nitrogen and oxygen atoms in total. The Kier molecular flexibility index (Phi) is 6.00. The highest BCUT2D eigenvalue weighted by atomic mass is 35.5.